The maximum Gasteiger partial charge on any atom is 0.418 e. The summed E-state index contributed by atoms with van der Waals surface area (Å²) in [5.41, 5.74) is -1.55. The molecule has 2 heterocycles. The quantitative estimate of drug-likeness (QED) is 0.818. The lowest BCUT2D eigenvalue weighted by Crippen LogP contribution is -2.44. The zero-order valence-corrected chi connectivity index (χ0v) is 15.1. The van der Waals surface area contributed by atoms with E-state index in [1.165, 1.54) is 35.9 Å². The van der Waals surface area contributed by atoms with Gasteiger partial charge in [-0.3, -0.25) is 14.3 Å². The van der Waals surface area contributed by atoms with E-state index >= 15 is 0 Å². The molecule has 2 aromatic rings. The Morgan fingerprint density at radius 1 is 1.27 bits per heavy atom. The van der Waals surface area contributed by atoms with Gasteiger partial charge in [0, 0.05) is 18.6 Å². The molecule has 0 bridgehead atoms. The summed E-state index contributed by atoms with van der Waals surface area (Å²) in [5.74, 6) is 0. The SMILES string of the molecule is CC(C)N1CCCC[C@H]1CCn1cnc2c(C(F)(F)F)cccc2c1=O. The summed E-state index contributed by atoms with van der Waals surface area (Å²) in [7, 11) is 0. The summed E-state index contributed by atoms with van der Waals surface area (Å²) >= 11 is 0. The molecule has 1 aliphatic heterocycles. The number of nitrogens with zero attached hydrogens (tertiary/aromatic N) is 3. The van der Waals surface area contributed by atoms with E-state index in [0.717, 1.165) is 25.5 Å². The Labute approximate surface area is 150 Å². The van der Waals surface area contributed by atoms with Crippen molar-refractivity contribution in [3.8, 4) is 0 Å². The van der Waals surface area contributed by atoms with Gasteiger partial charge in [0.15, 0.2) is 0 Å². The highest BCUT2D eigenvalue weighted by molar-refractivity contribution is 5.81. The molecule has 7 heteroatoms. The van der Waals surface area contributed by atoms with Crippen molar-refractivity contribution in [2.75, 3.05) is 6.54 Å². The maximum absolute atomic E-state index is 13.1. The van der Waals surface area contributed by atoms with Gasteiger partial charge in [0.1, 0.15) is 0 Å². The number of alkyl halides is 3. The summed E-state index contributed by atoms with van der Waals surface area (Å²) in [4.78, 5) is 19.0. The van der Waals surface area contributed by atoms with Gasteiger partial charge in [0.2, 0.25) is 0 Å². The first kappa shape index (κ1) is 18.9. The van der Waals surface area contributed by atoms with Gasteiger partial charge in [-0.2, -0.15) is 13.2 Å². The van der Waals surface area contributed by atoms with Crippen LogP contribution < -0.4 is 5.56 Å². The normalized spacial score (nSPS) is 19.4. The first-order chi connectivity index (χ1) is 12.3. The van der Waals surface area contributed by atoms with Crippen LogP contribution in [0.2, 0.25) is 0 Å². The molecule has 1 aliphatic rings. The van der Waals surface area contributed by atoms with E-state index in [1.807, 2.05) is 0 Å². The predicted octanol–water partition coefficient (Wildman–Crippen LogP) is 4.07. The van der Waals surface area contributed by atoms with Crippen molar-refractivity contribution in [2.24, 2.45) is 0 Å². The molecule has 1 atom stereocenters. The molecule has 0 N–H and O–H groups in total. The standard InChI is InChI=1S/C19H24F3N3O/c1-13(2)25-10-4-3-6-14(25)9-11-24-12-23-17-15(18(24)26)7-5-8-16(17)19(20,21)22/h5,7-8,12-14H,3-4,6,9-11H2,1-2H3/t14-/m0/s1. The summed E-state index contributed by atoms with van der Waals surface area (Å²) in [6, 6.07) is 4.48. The average Bonchev–Trinajstić information content (AvgIpc) is 2.60. The van der Waals surface area contributed by atoms with E-state index in [2.05, 4.69) is 23.7 Å². The van der Waals surface area contributed by atoms with Gasteiger partial charge < -0.3 is 0 Å². The maximum atomic E-state index is 13.1. The molecule has 26 heavy (non-hydrogen) atoms. The highest BCUT2D eigenvalue weighted by atomic mass is 19.4. The van der Waals surface area contributed by atoms with Crippen LogP contribution in [0.1, 0.15) is 45.1 Å². The average molecular weight is 367 g/mol. The van der Waals surface area contributed by atoms with Crippen molar-refractivity contribution in [2.45, 2.75) is 64.3 Å². The number of fused-ring (bicyclic) bond motifs is 1. The summed E-state index contributed by atoms with van der Waals surface area (Å²) in [6.07, 6.45) is 0.976. The van der Waals surface area contributed by atoms with Crippen molar-refractivity contribution in [1.82, 2.24) is 14.5 Å². The van der Waals surface area contributed by atoms with E-state index in [0.29, 0.717) is 18.6 Å². The highest BCUT2D eigenvalue weighted by Gasteiger charge is 2.33. The Kier molecular flexibility index (Phi) is 5.37. The molecule has 1 fully saturated rings. The molecule has 3 rings (SSSR count). The lowest BCUT2D eigenvalue weighted by atomic mass is 9.97. The zero-order chi connectivity index (χ0) is 18.9. The molecule has 0 aliphatic carbocycles. The largest absolute Gasteiger partial charge is 0.418 e. The van der Waals surface area contributed by atoms with E-state index in [1.54, 1.807) is 0 Å². The van der Waals surface area contributed by atoms with Crippen LogP contribution in [0.3, 0.4) is 0 Å². The topological polar surface area (TPSA) is 38.1 Å². The van der Waals surface area contributed by atoms with Crippen molar-refractivity contribution >= 4 is 10.9 Å². The van der Waals surface area contributed by atoms with Gasteiger partial charge in [0.25, 0.3) is 5.56 Å². The van der Waals surface area contributed by atoms with Gasteiger partial charge in [-0.15, -0.1) is 0 Å². The van der Waals surface area contributed by atoms with E-state index < -0.39 is 17.3 Å². The minimum Gasteiger partial charge on any atom is -0.299 e. The number of aromatic nitrogens is 2. The molecule has 0 saturated carbocycles. The second-order valence-electron chi connectivity index (χ2n) is 7.21. The minimum absolute atomic E-state index is 0.0201. The number of aryl methyl sites for hydroxylation is 1. The first-order valence-corrected chi connectivity index (χ1v) is 9.10. The number of halogens is 3. The number of piperidine rings is 1. The Morgan fingerprint density at radius 2 is 2.04 bits per heavy atom. The summed E-state index contributed by atoms with van der Waals surface area (Å²) in [6.45, 7) is 5.86. The van der Waals surface area contributed by atoms with Crippen LogP contribution >= 0.6 is 0 Å². The van der Waals surface area contributed by atoms with E-state index in [4.69, 9.17) is 0 Å². The molecule has 0 spiro atoms. The number of benzene rings is 1. The number of hydrogen-bond acceptors (Lipinski definition) is 3. The molecule has 4 nitrogen and oxygen atoms in total. The molecule has 0 radical (unpaired) electrons. The summed E-state index contributed by atoms with van der Waals surface area (Å²) in [5, 5.41) is 0.0201. The minimum atomic E-state index is -4.52. The van der Waals surface area contributed by atoms with Gasteiger partial charge in [-0.1, -0.05) is 12.5 Å². The van der Waals surface area contributed by atoms with Gasteiger partial charge in [-0.05, 0) is 51.8 Å². The van der Waals surface area contributed by atoms with Crippen LogP contribution in [0, 0.1) is 0 Å². The first-order valence-electron chi connectivity index (χ1n) is 9.10. The van der Waals surface area contributed by atoms with E-state index in [-0.39, 0.29) is 10.9 Å². The molecule has 0 amide bonds. The van der Waals surface area contributed by atoms with Crippen molar-refractivity contribution in [1.29, 1.82) is 0 Å². The Balaban J connectivity index is 1.85. The van der Waals surface area contributed by atoms with Crippen molar-refractivity contribution in [3.05, 3.63) is 40.4 Å². The van der Waals surface area contributed by atoms with Crippen molar-refractivity contribution in [3.63, 3.8) is 0 Å². The van der Waals surface area contributed by atoms with Crippen molar-refractivity contribution < 1.29 is 13.2 Å². The number of para-hydroxylation sites is 1. The van der Waals surface area contributed by atoms with Crippen LogP contribution in [-0.4, -0.2) is 33.1 Å². The van der Waals surface area contributed by atoms with Gasteiger partial charge in [-0.25, -0.2) is 4.98 Å². The van der Waals surface area contributed by atoms with Crippen LogP contribution in [0.4, 0.5) is 13.2 Å². The number of rotatable bonds is 4. The van der Waals surface area contributed by atoms with Gasteiger partial charge in [0.05, 0.1) is 22.8 Å². The third-order valence-corrected chi connectivity index (χ3v) is 5.20. The van der Waals surface area contributed by atoms with Crippen LogP contribution in [0.15, 0.2) is 29.3 Å². The number of likely N-dealkylation sites (tertiary alicyclic amines) is 1. The second kappa shape index (κ2) is 7.39. The fourth-order valence-corrected chi connectivity index (χ4v) is 3.88. The third kappa shape index (κ3) is 3.77. The zero-order valence-electron chi connectivity index (χ0n) is 15.1. The lowest BCUT2D eigenvalue weighted by Gasteiger charge is -2.38. The van der Waals surface area contributed by atoms with Crippen LogP contribution in [0.5, 0.6) is 0 Å². The number of hydrogen-bond donors (Lipinski definition) is 0. The van der Waals surface area contributed by atoms with Crippen LogP contribution in [0.25, 0.3) is 10.9 Å². The van der Waals surface area contributed by atoms with Crippen LogP contribution in [-0.2, 0) is 12.7 Å². The molecule has 1 saturated heterocycles. The monoisotopic (exact) mass is 367 g/mol. The Morgan fingerprint density at radius 3 is 2.73 bits per heavy atom. The molecule has 0 unspecified atom stereocenters. The molecular formula is C19H24F3N3O. The Bertz CT molecular complexity index is 829. The molecule has 1 aromatic heterocycles. The lowest BCUT2D eigenvalue weighted by molar-refractivity contribution is -0.136. The predicted molar refractivity (Wildman–Crippen MR) is 95.1 cm³/mol. The fourth-order valence-electron chi connectivity index (χ4n) is 3.88. The smallest absolute Gasteiger partial charge is 0.299 e. The van der Waals surface area contributed by atoms with E-state index in [9.17, 15) is 18.0 Å². The molecule has 142 valence electrons. The van der Waals surface area contributed by atoms with Gasteiger partial charge >= 0.3 is 6.18 Å². The Hall–Kier alpha value is -1.89. The second-order valence-corrected chi connectivity index (χ2v) is 7.21. The third-order valence-electron chi connectivity index (χ3n) is 5.20. The molecular weight excluding hydrogens is 343 g/mol. The highest BCUT2D eigenvalue weighted by Crippen LogP contribution is 2.32. The fraction of sp³-hybridized carbons (Fsp3) is 0.579. The summed E-state index contributed by atoms with van der Waals surface area (Å²) < 4.78 is 40.8. The molecule has 1 aromatic carbocycles.